The third-order valence-electron chi connectivity index (χ3n) is 3.76. The smallest absolute Gasteiger partial charge is 0.161 e. The van der Waals surface area contributed by atoms with E-state index >= 15 is 0 Å². The van der Waals surface area contributed by atoms with Crippen LogP contribution in [0.2, 0.25) is 0 Å². The van der Waals surface area contributed by atoms with Gasteiger partial charge in [0.05, 0.1) is 19.3 Å². The highest BCUT2D eigenvalue weighted by Gasteiger charge is 2.27. The van der Waals surface area contributed by atoms with Gasteiger partial charge >= 0.3 is 0 Å². The maximum Gasteiger partial charge on any atom is 0.161 e. The van der Waals surface area contributed by atoms with Gasteiger partial charge in [0.15, 0.2) is 5.75 Å². The van der Waals surface area contributed by atoms with Gasteiger partial charge in [-0.2, -0.15) is 5.10 Å². The first-order chi connectivity index (χ1) is 9.51. The molecule has 1 unspecified atom stereocenters. The minimum atomic E-state index is 0.0138. The van der Waals surface area contributed by atoms with Crippen LogP contribution >= 0.6 is 0 Å². The van der Waals surface area contributed by atoms with Crippen molar-refractivity contribution < 1.29 is 9.15 Å². The second kappa shape index (κ2) is 5.71. The third kappa shape index (κ3) is 2.33. The number of methoxy groups -OCH3 is 1. The Hall–Kier alpha value is -1.75. The van der Waals surface area contributed by atoms with E-state index in [9.17, 15) is 0 Å². The lowest BCUT2D eigenvalue weighted by Gasteiger charge is -2.20. The summed E-state index contributed by atoms with van der Waals surface area (Å²) < 4.78 is 13.1. The summed E-state index contributed by atoms with van der Waals surface area (Å²) in [4.78, 5) is 0. The van der Waals surface area contributed by atoms with Crippen LogP contribution in [0, 0.1) is 20.8 Å². The fourth-order valence-electron chi connectivity index (χ4n) is 2.69. The monoisotopic (exact) mass is 277 g/mol. The number of aromatic nitrogens is 2. The van der Waals surface area contributed by atoms with Crippen molar-refractivity contribution in [3.8, 4) is 5.75 Å². The predicted octanol–water partition coefficient (Wildman–Crippen LogP) is 2.65. The van der Waals surface area contributed by atoms with Gasteiger partial charge in [0.2, 0.25) is 0 Å². The van der Waals surface area contributed by atoms with Crippen molar-refractivity contribution >= 4 is 0 Å². The first kappa shape index (κ1) is 14.7. The molecule has 2 aromatic heterocycles. The number of furan rings is 1. The van der Waals surface area contributed by atoms with Crippen LogP contribution in [-0.2, 0) is 7.05 Å². The van der Waals surface area contributed by atoms with Gasteiger partial charge < -0.3 is 14.5 Å². The minimum Gasteiger partial charge on any atom is -0.493 e. The quantitative estimate of drug-likeness (QED) is 0.913. The Balaban J connectivity index is 2.59. The molecule has 2 heterocycles. The number of ether oxygens (including phenoxy) is 1. The van der Waals surface area contributed by atoms with E-state index in [4.69, 9.17) is 9.15 Å². The van der Waals surface area contributed by atoms with Crippen molar-refractivity contribution in [2.24, 2.45) is 7.05 Å². The van der Waals surface area contributed by atoms with E-state index in [0.717, 1.165) is 29.5 Å². The topological polar surface area (TPSA) is 52.2 Å². The molecule has 1 N–H and O–H groups in total. The second-order valence-electron chi connectivity index (χ2n) is 4.97. The van der Waals surface area contributed by atoms with Crippen molar-refractivity contribution in [3.63, 3.8) is 0 Å². The fraction of sp³-hybridized carbons (Fsp3) is 0.533. The largest absolute Gasteiger partial charge is 0.493 e. The Morgan fingerprint density at radius 1 is 1.35 bits per heavy atom. The number of aryl methyl sites for hydroxylation is 3. The molecular weight excluding hydrogens is 254 g/mol. The molecule has 0 spiro atoms. The molecule has 1 atom stereocenters. The Labute approximate surface area is 119 Å². The summed E-state index contributed by atoms with van der Waals surface area (Å²) in [6.07, 6.45) is 1.75. The molecule has 0 fully saturated rings. The molecule has 0 saturated heterocycles. The van der Waals surface area contributed by atoms with E-state index < -0.39 is 0 Å². The standard InChI is InChI=1S/C15H23N3O2/c1-7-16-14(13-9(2)10(3)20-11(13)4)15-12(19-6)8-17-18(15)5/h8,14,16H,7H2,1-6H3. The molecular formula is C15H23N3O2. The molecule has 0 aliphatic rings. The van der Waals surface area contributed by atoms with Crippen LogP contribution in [0.3, 0.4) is 0 Å². The summed E-state index contributed by atoms with van der Waals surface area (Å²) in [5.74, 6) is 2.69. The number of nitrogens with one attached hydrogen (secondary N) is 1. The zero-order valence-electron chi connectivity index (χ0n) is 13.1. The number of hydrogen-bond donors (Lipinski definition) is 1. The van der Waals surface area contributed by atoms with Crippen molar-refractivity contribution in [2.75, 3.05) is 13.7 Å². The zero-order chi connectivity index (χ0) is 14.9. The maximum atomic E-state index is 5.77. The Bertz CT molecular complexity index is 599. The van der Waals surface area contributed by atoms with E-state index in [1.165, 1.54) is 11.1 Å². The third-order valence-corrected chi connectivity index (χ3v) is 3.76. The van der Waals surface area contributed by atoms with Crippen molar-refractivity contribution in [3.05, 3.63) is 34.5 Å². The average molecular weight is 277 g/mol. The lowest BCUT2D eigenvalue weighted by Crippen LogP contribution is -2.25. The van der Waals surface area contributed by atoms with Gasteiger partial charge in [-0.1, -0.05) is 6.92 Å². The number of hydrogen-bond acceptors (Lipinski definition) is 4. The van der Waals surface area contributed by atoms with Crippen LogP contribution in [0.15, 0.2) is 10.6 Å². The van der Waals surface area contributed by atoms with Crippen molar-refractivity contribution in [1.29, 1.82) is 0 Å². The van der Waals surface area contributed by atoms with E-state index in [1.807, 2.05) is 25.6 Å². The van der Waals surface area contributed by atoms with E-state index in [2.05, 4.69) is 24.3 Å². The van der Waals surface area contributed by atoms with Gasteiger partial charge in [-0.05, 0) is 32.9 Å². The lowest BCUT2D eigenvalue weighted by atomic mass is 9.98. The first-order valence-electron chi connectivity index (χ1n) is 6.87. The molecule has 5 nitrogen and oxygen atoms in total. The number of rotatable bonds is 5. The van der Waals surface area contributed by atoms with Gasteiger partial charge in [-0.3, -0.25) is 4.68 Å². The Morgan fingerprint density at radius 2 is 2.05 bits per heavy atom. The van der Waals surface area contributed by atoms with E-state index in [0.29, 0.717) is 0 Å². The van der Waals surface area contributed by atoms with Gasteiger partial charge in [-0.25, -0.2) is 0 Å². The molecule has 5 heteroatoms. The summed E-state index contributed by atoms with van der Waals surface area (Å²) in [6, 6.07) is 0.0138. The van der Waals surface area contributed by atoms with Gasteiger partial charge in [0.25, 0.3) is 0 Å². The molecule has 0 aromatic carbocycles. The summed E-state index contributed by atoms with van der Waals surface area (Å²) in [6.45, 7) is 9.03. The molecule has 0 saturated carbocycles. The van der Waals surface area contributed by atoms with Crippen LogP contribution < -0.4 is 10.1 Å². The van der Waals surface area contributed by atoms with Crippen molar-refractivity contribution in [2.45, 2.75) is 33.7 Å². The zero-order valence-corrected chi connectivity index (χ0v) is 13.1. The molecule has 0 bridgehead atoms. The molecule has 0 amide bonds. The van der Waals surface area contributed by atoms with Gasteiger partial charge in [0, 0.05) is 12.6 Å². The lowest BCUT2D eigenvalue weighted by molar-refractivity contribution is 0.400. The second-order valence-corrected chi connectivity index (χ2v) is 4.97. The summed E-state index contributed by atoms with van der Waals surface area (Å²) in [5, 5.41) is 7.81. The molecule has 0 aliphatic heterocycles. The van der Waals surface area contributed by atoms with Crippen LogP contribution in [0.5, 0.6) is 5.75 Å². The Morgan fingerprint density at radius 3 is 2.55 bits per heavy atom. The molecule has 2 aromatic rings. The van der Waals surface area contributed by atoms with Crippen LogP contribution in [0.25, 0.3) is 0 Å². The summed E-state index contributed by atoms with van der Waals surface area (Å²) in [7, 11) is 3.60. The SMILES string of the molecule is CCNC(c1c(C)oc(C)c1C)c1c(OC)cnn1C. The first-order valence-corrected chi connectivity index (χ1v) is 6.87. The van der Waals surface area contributed by atoms with Gasteiger partial charge in [-0.15, -0.1) is 0 Å². The molecule has 0 aliphatic carbocycles. The van der Waals surface area contributed by atoms with E-state index in [-0.39, 0.29) is 6.04 Å². The minimum absolute atomic E-state index is 0.0138. The molecule has 0 radical (unpaired) electrons. The molecule has 2 rings (SSSR count). The maximum absolute atomic E-state index is 5.77. The average Bonchev–Trinajstić information content (AvgIpc) is 2.89. The van der Waals surface area contributed by atoms with Crippen LogP contribution in [0.1, 0.15) is 41.3 Å². The van der Waals surface area contributed by atoms with Gasteiger partial charge in [0.1, 0.15) is 17.2 Å². The summed E-state index contributed by atoms with van der Waals surface area (Å²) >= 11 is 0. The van der Waals surface area contributed by atoms with Crippen LogP contribution in [0.4, 0.5) is 0 Å². The molecule has 110 valence electrons. The van der Waals surface area contributed by atoms with Crippen LogP contribution in [-0.4, -0.2) is 23.4 Å². The number of nitrogens with zero attached hydrogens (tertiary/aromatic N) is 2. The summed E-state index contributed by atoms with van der Waals surface area (Å²) in [5.41, 5.74) is 3.37. The fourth-order valence-corrected chi connectivity index (χ4v) is 2.69. The van der Waals surface area contributed by atoms with Crippen molar-refractivity contribution in [1.82, 2.24) is 15.1 Å². The normalized spacial score (nSPS) is 12.7. The Kier molecular flexibility index (Phi) is 4.18. The van der Waals surface area contributed by atoms with E-state index in [1.54, 1.807) is 13.3 Å². The highest BCUT2D eigenvalue weighted by atomic mass is 16.5. The molecule has 20 heavy (non-hydrogen) atoms. The highest BCUT2D eigenvalue weighted by Crippen LogP contribution is 2.35. The highest BCUT2D eigenvalue weighted by molar-refractivity contribution is 5.42. The predicted molar refractivity (Wildman–Crippen MR) is 78.2 cm³/mol.